The van der Waals surface area contributed by atoms with Crippen LogP contribution in [0, 0.1) is 0 Å². The number of rotatable bonds is 9. The maximum absolute atomic E-state index is 12.9. The largest absolute Gasteiger partial charge is 0.573 e. The number of nitrogens with one attached hydrogen (secondary N) is 1. The predicted molar refractivity (Wildman–Crippen MR) is 165 cm³/mol. The van der Waals surface area contributed by atoms with Gasteiger partial charge in [-0.25, -0.2) is 4.98 Å². The molecule has 11 heteroatoms. The highest BCUT2D eigenvalue weighted by atomic mass is 35.5. The second kappa shape index (κ2) is 13.3. The number of benzene rings is 4. The summed E-state index contributed by atoms with van der Waals surface area (Å²) in [5.41, 5.74) is 4.64. The van der Waals surface area contributed by atoms with Gasteiger partial charge in [-0.2, -0.15) is 0 Å². The SMILES string of the molecule is O=C(Cn1cc(-c2ccc(Cl)cc2Cl)nc1/C=C/c1ccc(-c2ccc(O)cc2)cc1)NCc1ccc(OC(F)(F)F)cc1. The molecule has 0 aliphatic heterocycles. The van der Waals surface area contributed by atoms with Crippen LogP contribution in [-0.4, -0.2) is 26.9 Å². The summed E-state index contributed by atoms with van der Waals surface area (Å²) in [4.78, 5) is 17.6. The van der Waals surface area contributed by atoms with Gasteiger partial charge in [0.05, 0.1) is 10.7 Å². The van der Waals surface area contributed by atoms with Gasteiger partial charge in [-0.1, -0.05) is 77.8 Å². The Bertz CT molecular complexity index is 1790. The number of carbonyl (C=O) groups is 1. The second-order valence-corrected chi connectivity index (χ2v) is 10.6. The molecule has 0 aliphatic carbocycles. The zero-order chi connectivity index (χ0) is 31.3. The number of aromatic nitrogens is 2. The normalized spacial score (nSPS) is 11.6. The third-order valence-corrected chi connectivity index (χ3v) is 7.06. The van der Waals surface area contributed by atoms with E-state index in [9.17, 15) is 23.1 Å². The number of phenols is 1. The Labute approximate surface area is 261 Å². The van der Waals surface area contributed by atoms with E-state index in [4.69, 9.17) is 28.2 Å². The van der Waals surface area contributed by atoms with Gasteiger partial charge in [-0.05, 0) is 70.8 Å². The molecule has 0 saturated carbocycles. The van der Waals surface area contributed by atoms with Crippen molar-refractivity contribution in [2.45, 2.75) is 19.5 Å². The van der Waals surface area contributed by atoms with E-state index in [1.807, 2.05) is 42.5 Å². The highest BCUT2D eigenvalue weighted by Crippen LogP contribution is 2.30. The van der Waals surface area contributed by atoms with E-state index in [2.05, 4.69) is 10.1 Å². The van der Waals surface area contributed by atoms with Crippen molar-refractivity contribution in [3.05, 3.63) is 124 Å². The molecule has 0 bridgehead atoms. The fourth-order valence-corrected chi connectivity index (χ4v) is 4.85. The molecular formula is C33H24Cl2F3N3O3. The summed E-state index contributed by atoms with van der Waals surface area (Å²) >= 11 is 12.5. The Morgan fingerprint density at radius 2 is 1.57 bits per heavy atom. The molecule has 0 spiro atoms. The molecule has 0 unspecified atom stereocenters. The molecule has 0 aliphatic rings. The molecule has 1 aromatic heterocycles. The van der Waals surface area contributed by atoms with Crippen LogP contribution in [0.1, 0.15) is 17.0 Å². The molecule has 6 nitrogen and oxygen atoms in total. The van der Waals surface area contributed by atoms with E-state index in [-0.39, 0.29) is 30.5 Å². The number of ether oxygens (including phenoxy) is 1. The highest BCUT2D eigenvalue weighted by Gasteiger charge is 2.31. The summed E-state index contributed by atoms with van der Waals surface area (Å²) < 4.78 is 42.8. The Balaban J connectivity index is 1.33. The minimum Gasteiger partial charge on any atom is -0.508 e. The summed E-state index contributed by atoms with van der Waals surface area (Å²) in [6.45, 7) is 0.0290. The van der Waals surface area contributed by atoms with Crippen LogP contribution in [-0.2, 0) is 17.9 Å². The number of phenolic OH excluding ortho intramolecular Hbond substituents is 1. The van der Waals surface area contributed by atoms with E-state index in [0.29, 0.717) is 32.7 Å². The lowest BCUT2D eigenvalue weighted by molar-refractivity contribution is -0.274. The van der Waals surface area contributed by atoms with Crippen LogP contribution in [0.2, 0.25) is 10.0 Å². The Morgan fingerprint density at radius 1 is 0.909 bits per heavy atom. The second-order valence-electron chi connectivity index (χ2n) is 9.71. The molecular weight excluding hydrogens is 614 g/mol. The predicted octanol–water partition coefficient (Wildman–Crippen LogP) is 8.61. The zero-order valence-electron chi connectivity index (χ0n) is 22.9. The minimum atomic E-state index is -4.78. The summed E-state index contributed by atoms with van der Waals surface area (Å²) in [6, 6.07) is 25.1. The monoisotopic (exact) mass is 637 g/mol. The molecule has 5 rings (SSSR count). The Morgan fingerprint density at radius 3 is 2.20 bits per heavy atom. The summed E-state index contributed by atoms with van der Waals surface area (Å²) in [5, 5.41) is 13.2. The molecule has 0 radical (unpaired) electrons. The van der Waals surface area contributed by atoms with Crippen molar-refractivity contribution in [2.75, 3.05) is 0 Å². The van der Waals surface area contributed by atoms with Crippen molar-refractivity contribution in [3.8, 4) is 33.9 Å². The van der Waals surface area contributed by atoms with Gasteiger partial charge < -0.3 is 19.7 Å². The zero-order valence-corrected chi connectivity index (χ0v) is 24.4. The first-order valence-electron chi connectivity index (χ1n) is 13.2. The van der Waals surface area contributed by atoms with Crippen molar-refractivity contribution in [3.63, 3.8) is 0 Å². The number of amides is 1. The molecule has 1 heterocycles. The number of aromatic hydroxyl groups is 1. The maximum Gasteiger partial charge on any atom is 0.573 e. The van der Waals surface area contributed by atoms with Crippen LogP contribution >= 0.6 is 23.2 Å². The summed E-state index contributed by atoms with van der Waals surface area (Å²) in [5.74, 6) is 0.0215. The van der Waals surface area contributed by atoms with E-state index in [1.165, 1.54) is 24.3 Å². The first-order chi connectivity index (χ1) is 21.0. The molecule has 2 N–H and O–H groups in total. The molecule has 1 amide bonds. The summed E-state index contributed by atoms with van der Waals surface area (Å²) in [6.07, 6.45) is 0.593. The van der Waals surface area contributed by atoms with Crippen molar-refractivity contribution in [1.29, 1.82) is 0 Å². The van der Waals surface area contributed by atoms with Gasteiger partial charge in [0, 0.05) is 23.3 Å². The van der Waals surface area contributed by atoms with Crippen LogP contribution in [0.5, 0.6) is 11.5 Å². The first-order valence-corrected chi connectivity index (χ1v) is 14.0. The molecule has 44 heavy (non-hydrogen) atoms. The summed E-state index contributed by atoms with van der Waals surface area (Å²) in [7, 11) is 0. The number of imidazole rings is 1. The van der Waals surface area contributed by atoms with Crippen LogP contribution in [0.25, 0.3) is 34.5 Å². The Kier molecular flexibility index (Phi) is 9.27. The number of hydrogen-bond donors (Lipinski definition) is 2. The lowest BCUT2D eigenvalue weighted by Crippen LogP contribution is -2.27. The Hall–Kier alpha value is -4.73. The number of alkyl halides is 3. The maximum atomic E-state index is 12.9. The average Bonchev–Trinajstić information content (AvgIpc) is 3.37. The van der Waals surface area contributed by atoms with Crippen molar-refractivity contribution in [2.24, 2.45) is 0 Å². The van der Waals surface area contributed by atoms with E-state index < -0.39 is 6.36 Å². The van der Waals surface area contributed by atoms with Gasteiger partial charge in [-0.15, -0.1) is 13.2 Å². The fourth-order valence-electron chi connectivity index (χ4n) is 4.35. The smallest absolute Gasteiger partial charge is 0.508 e. The standard InChI is InChI=1S/C33H24Cl2F3N3O3/c34-25-10-15-28(29(35)17-25)30-19-41(20-32(43)39-18-22-3-13-27(14-4-22)44-33(36,37)38)31(40-30)16-5-21-1-6-23(7-2-21)24-8-11-26(42)12-9-24/h1-17,19,42H,18,20H2,(H,39,43)/b16-5+. The van der Waals surface area contributed by atoms with Gasteiger partial charge in [0.2, 0.25) is 5.91 Å². The van der Waals surface area contributed by atoms with Gasteiger partial charge in [-0.3, -0.25) is 4.79 Å². The van der Waals surface area contributed by atoms with E-state index in [1.54, 1.807) is 47.2 Å². The van der Waals surface area contributed by atoms with Crippen molar-refractivity contribution < 1.29 is 27.8 Å². The number of carbonyl (C=O) groups excluding carboxylic acids is 1. The molecule has 0 fully saturated rings. The van der Waals surface area contributed by atoms with E-state index >= 15 is 0 Å². The lowest BCUT2D eigenvalue weighted by Gasteiger charge is -2.10. The number of nitrogens with zero attached hydrogens (tertiary/aromatic N) is 2. The van der Waals surface area contributed by atoms with Crippen LogP contribution in [0.15, 0.2) is 97.2 Å². The fraction of sp³-hybridized carbons (Fsp3) is 0.0909. The van der Waals surface area contributed by atoms with E-state index in [0.717, 1.165) is 16.7 Å². The first kappa shape index (κ1) is 30.7. The minimum absolute atomic E-state index is 0.0764. The van der Waals surface area contributed by atoms with Crippen LogP contribution < -0.4 is 10.1 Å². The number of halogens is 5. The third kappa shape index (κ3) is 8.21. The van der Waals surface area contributed by atoms with Crippen LogP contribution in [0.3, 0.4) is 0 Å². The quantitative estimate of drug-likeness (QED) is 0.170. The molecule has 4 aromatic carbocycles. The molecule has 0 atom stereocenters. The van der Waals surface area contributed by atoms with Gasteiger partial charge >= 0.3 is 6.36 Å². The highest BCUT2D eigenvalue weighted by molar-refractivity contribution is 6.36. The lowest BCUT2D eigenvalue weighted by atomic mass is 10.0. The van der Waals surface area contributed by atoms with Gasteiger partial charge in [0.15, 0.2) is 0 Å². The van der Waals surface area contributed by atoms with Crippen molar-refractivity contribution >= 4 is 41.3 Å². The van der Waals surface area contributed by atoms with Crippen LogP contribution in [0.4, 0.5) is 13.2 Å². The average molecular weight is 638 g/mol. The number of hydrogen-bond acceptors (Lipinski definition) is 4. The molecule has 0 saturated heterocycles. The van der Waals surface area contributed by atoms with Crippen molar-refractivity contribution in [1.82, 2.24) is 14.9 Å². The van der Waals surface area contributed by atoms with Gasteiger partial charge in [0.25, 0.3) is 0 Å². The third-order valence-electron chi connectivity index (χ3n) is 6.51. The topological polar surface area (TPSA) is 76.4 Å². The molecule has 5 aromatic rings. The van der Waals surface area contributed by atoms with Gasteiger partial charge in [0.1, 0.15) is 23.9 Å². The molecule has 224 valence electrons.